The highest BCUT2D eigenvalue weighted by Crippen LogP contribution is 2.22. The minimum absolute atomic E-state index is 0.366. The number of pyridine rings is 1. The van der Waals surface area contributed by atoms with Gasteiger partial charge in [0.2, 0.25) is 0 Å². The molecule has 0 aliphatic rings. The van der Waals surface area contributed by atoms with Crippen LogP contribution < -0.4 is 0 Å². The molecule has 0 bridgehead atoms. The van der Waals surface area contributed by atoms with Gasteiger partial charge in [0.25, 0.3) is 0 Å². The van der Waals surface area contributed by atoms with Crippen LogP contribution in [0.2, 0.25) is 0 Å². The van der Waals surface area contributed by atoms with Crippen LogP contribution in [0.25, 0.3) is 17.0 Å². The van der Waals surface area contributed by atoms with Crippen LogP contribution in [0.5, 0.6) is 0 Å². The first-order valence-corrected chi connectivity index (χ1v) is 7.02. The van der Waals surface area contributed by atoms with E-state index < -0.39 is 0 Å². The average Bonchev–Trinajstić information content (AvgIpc) is 2.91. The second-order valence-corrected chi connectivity index (χ2v) is 4.89. The second kappa shape index (κ2) is 6.26. The molecule has 0 radical (unpaired) electrons. The van der Waals surface area contributed by atoms with Crippen molar-refractivity contribution in [1.82, 2.24) is 9.55 Å². The summed E-state index contributed by atoms with van der Waals surface area (Å²) in [4.78, 5) is 15.7. The fourth-order valence-corrected chi connectivity index (χ4v) is 2.42. The molecule has 4 heteroatoms. The summed E-state index contributed by atoms with van der Waals surface area (Å²) in [5, 5.41) is 1.13. The largest absolute Gasteiger partial charge is 0.466 e. The van der Waals surface area contributed by atoms with Crippen molar-refractivity contribution in [2.75, 3.05) is 7.11 Å². The van der Waals surface area contributed by atoms with Crippen LogP contribution in [0.4, 0.5) is 0 Å². The Hall–Kier alpha value is -2.88. The van der Waals surface area contributed by atoms with Gasteiger partial charge in [-0.15, -0.1) is 0 Å². The molecule has 110 valence electrons. The van der Waals surface area contributed by atoms with Crippen LogP contribution in [0, 0.1) is 0 Å². The molecule has 1 aromatic carbocycles. The van der Waals surface area contributed by atoms with Gasteiger partial charge in [0.05, 0.1) is 19.3 Å². The second-order valence-electron chi connectivity index (χ2n) is 4.89. The number of esters is 1. The molecular formula is C18H16N2O2. The SMILES string of the molecule is COC(=O)/C=C/c1cc2ccccc2n1Cc1ccccn1. The van der Waals surface area contributed by atoms with E-state index in [9.17, 15) is 4.79 Å². The van der Waals surface area contributed by atoms with Gasteiger partial charge in [-0.25, -0.2) is 4.79 Å². The molecule has 0 fully saturated rings. The summed E-state index contributed by atoms with van der Waals surface area (Å²) in [5.41, 5.74) is 3.02. The van der Waals surface area contributed by atoms with Crippen LogP contribution in [0.3, 0.4) is 0 Å². The first kappa shape index (κ1) is 14.1. The molecule has 0 amide bonds. The number of hydrogen-bond acceptors (Lipinski definition) is 3. The molecule has 2 aromatic heterocycles. The standard InChI is InChI=1S/C18H16N2O2/c1-22-18(21)10-9-16-12-14-6-2-3-8-17(14)20(16)13-15-7-4-5-11-19-15/h2-12H,13H2,1H3/b10-9+. The molecule has 2 heterocycles. The topological polar surface area (TPSA) is 44.1 Å². The molecule has 0 saturated heterocycles. The van der Waals surface area contributed by atoms with Crippen molar-refractivity contribution in [2.24, 2.45) is 0 Å². The molecule has 0 aliphatic carbocycles. The lowest BCUT2D eigenvalue weighted by molar-refractivity contribution is -0.134. The maximum absolute atomic E-state index is 11.3. The van der Waals surface area contributed by atoms with E-state index in [2.05, 4.69) is 32.5 Å². The zero-order chi connectivity index (χ0) is 15.4. The van der Waals surface area contributed by atoms with Crippen LogP contribution in [0.1, 0.15) is 11.4 Å². The predicted molar refractivity (Wildman–Crippen MR) is 86.3 cm³/mol. The van der Waals surface area contributed by atoms with Crippen molar-refractivity contribution in [3.63, 3.8) is 0 Å². The monoisotopic (exact) mass is 292 g/mol. The molecule has 0 atom stereocenters. The van der Waals surface area contributed by atoms with E-state index in [1.54, 1.807) is 12.3 Å². The van der Waals surface area contributed by atoms with E-state index in [4.69, 9.17) is 0 Å². The molecule has 0 aliphatic heterocycles. The van der Waals surface area contributed by atoms with Crippen molar-refractivity contribution >= 4 is 22.9 Å². The fraction of sp³-hybridized carbons (Fsp3) is 0.111. The highest BCUT2D eigenvalue weighted by molar-refractivity contribution is 5.89. The third-order valence-corrected chi connectivity index (χ3v) is 3.48. The Bertz CT molecular complexity index is 819. The average molecular weight is 292 g/mol. The number of ether oxygens (including phenoxy) is 1. The summed E-state index contributed by atoms with van der Waals surface area (Å²) in [6.07, 6.45) is 4.99. The Morgan fingerprint density at radius 2 is 2.05 bits per heavy atom. The molecule has 0 saturated carbocycles. The van der Waals surface area contributed by atoms with Crippen molar-refractivity contribution in [1.29, 1.82) is 0 Å². The van der Waals surface area contributed by atoms with Crippen molar-refractivity contribution in [3.05, 3.63) is 72.2 Å². The van der Waals surface area contributed by atoms with Crippen molar-refractivity contribution in [2.45, 2.75) is 6.54 Å². The lowest BCUT2D eigenvalue weighted by Crippen LogP contribution is -2.03. The highest BCUT2D eigenvalue weighted by Gasteiger charge is 2.08. The zero-order valence-corrected chi connectivity index (χ0v) is 12.3. The van der Waals surface area contributed by atoms with E-state index in [-0.39, 0.29) is 5.97 Å². The highest BCUT2D eigenvalue weighted by atomic mass is 16.5. The smallest absolute Gasteiger partial charge is 0.330 e. The van der Waals surface area contributed by atoms with Gasteiger partial charge in [0.1, 0.15) is 0 Å². The minimum atomic E-state index is -0.366. The van der Waals surface area contributed by atoms with Gasteiger partial charge in [0.15, 0.2) is 0 Å². The molecule has 0 spiro atoms. The van der Waals surface area contributed by atoms with Gasteiger partial charge in [0, 0.05) is 28.9 Å². The lowest BCUT2D eigenvalue weighted by atomic mass is 10.2. The molecule has 4 nitrogen and oxygen atoms in total. The summed E-state index contributed by atoms with van der Waals surface area (Å²) in [6, 6.07) is 16.0. The summed E-state index contributed by atoms with van der Waals surface area (Å²) < 4.78 is 6.79. The number of nitrogens with zero attached hydrogens (tertiary/aromatic N) is 2. The summed E-state index contributed by atoms with van der Waals surface area (Å²) >= 11 is 0. The predicted octanol–water partition coefficient (Wildman–Crippen LogP) is 3.27. The Kier molecular flexibility index (Phi) is 4.01. The minimum Gasteiger partial charge on any atom is -0.466 e. The number of benzene rings is 1. The Balaban J connectivity index is 2.05. The number of rotatable bonds is 4. The maximum atomic E-state index is 11.3. The van der Waals surface area contributed by atoms with Crippen LogP contribution in [-0.2, 0) is 16.1 Å². The van der Waals surface area contributed by atoms with Crippen LogP contribution in [0.15, 0.2) is 60.8 Å². The molecule has 3 aromatic rings. The number of hydrogen-bond donors (Lipinski definition) is 0. The van der Waals surface area contributed by atoms with Crippen molar-refractivity contribution in [3.8, 4) is 0 Å². The van der Waals surface area contributed by atoms with Gasteiger partial charge in [-0.1, -0.05) is 24.3 Å². The molecule has 0 N–H and O–H groups in total. The number of aromatic nitrogens is 2. The fourth-order valence-electron chi connectivity index (χ4n) is 2.42. The number of fused-ring (bicyclic) bond motifs is 1. The first-order valence-electron chi connectivity index (χ1n) is 7.02. The van der Waals surface area contributed by atoms with Crippen LogP contribution in [-0.4, -0.2) is 22.6 Å². The maximum Gasteiger partial charge on any atom is 0.330 e. The van der Waals surface area contributed by atoms with Gasteiger partial charge < -0.3 is 9.30 Å². The van der Waals surface area contributed by atoms with Gasteiger partial charge in [-0.2, -0.15) is 0 Å². The van der Waals surface area contributed by atoms with Gasteiger partial charge in [-0.05, 0) is 30.3 Å². The normalized spacial score (nSPS) is 11.1. The van der Waals surface area contributed by atoms with E-state index in [1.807, 2.05) is 30.3 Å². The van der Waals surface area contributed by atoms with Crippen LogP contribution >= 0.6 is 0 Å². The third kappa shape index (κ3) is 2.91. The quantitative estimate of drug-likeness (QED) is 0.547. The third-order valence-electron chi connectivity index (χ3n) is 3.48. The number of methoxy groups -OCH3 is 1. The first-order chi connectivity index (χ1) is 10.8. The molecule has 0 unspecified atom stereocenters. The van der Waals surface area contributed by atoms with Gasteiger partial charge >= 0.3 is 5.97 Å². The summed E-state index contributed by atoms with van der Waals surface area (Å²) in [6.45, 7) is 0.648. The van der Waals surface area contributed by atoms with E-state index in [0.29, 0.717) is 6.54 Å². The summed E-state index contributed by atoms with van der Waals surface area (Å²) in [7, 11) is 1.37. The van der Waals surface area contributed by atoms with E-state index in [0.717, 1.165) is 22.3 Å². The Labute approximate surface area is 128 Å². The Morgan fingerprint density at radius 1 is 1.23 bits per heavy atom. The number of carbonyl (C=O) groups excluding carboxylic acids is 1. The molecule has 22 heavy (non-hydrogen) atoms. The van der Waals surface area contributed by atoms with Gasteiger partial charge in [-0.3, -0.25) is 4.98 Å². The molecule has 3 rings (SSSR count). The zero-order valence-electron chi connectivity index (χ0n) is 12.3. The van der Waals surface area contributed by atoms with Crippen molar-refractivity contribution < 1.29 is 9.53 Å². The number of para-hydroxylation sites is 1. The Morgan fingerprint density at radius 3 is 2.82 bits per heavy atom. The van der Waals surface area contributed by atoms with E-state index in [1.165, 1.54) is 13.2 Å². The molecular weight excluding hydrogens is 276 g/mol. The van der Waals surface area contributed by atoms with E-state index >= 15 is 0 Å². The number of carbonyl (C=O) groups is 1. The lowest BCUT2D eigenvalue weighted by Gasteiger charge is -2.08. The summed E-state index contributed by atoms with van der Waals surface area (Å²) in [5.74, 6) is -0.366.